The molecule has 2 rings (SSSR count). The molecular weight excluding hydrogens is 328 g/mol. The first-order valence-corrected chi connectivity index (χ1v) is 8.69. The number of ketones is 1. The summed E-state index contributed by atoms with van der Waals surface area (Å²) in [7, 11) is 0. The average molecular weight is 353 g/mol. The predicted octanol–water partition coefficient (Wildman–Crippen LogP) is 3.48. The van der Waals surface area contributed by atoms with Crippen molar-refractivity contribution < 1.29 is 4.79 Å². The third-order valence-electron chi connectivity index (χ3n) is 4.27. The highest BCUT2D eigenvalue weighted by molar-refractivity contribution is 9.10. The van der Waals surface area contributed by atoms with Gasteiger partial charge in [-0.1, -0.05) is 35.0 Å². The van der Waals surface area contributed by atoms with Crippen LogP contribution in [0.25, 0.3) is 0 Å². The number of carbonyl (C=O) groups excluding carboxylic acids is 1. The minimum atomic E-state index is -0.0470. The van der Waals surface area contributed by atoms with E-state index in [-0.39, 0.29) is 11.8 Å². The van der Waals surface area contributed by atoms with Gasteiger partial charge in [-0.05, 0) is 58.0 Å². The van der Waals surface area contributed by atoms with Crippen LogP contribution in [0.4, 0.5) is 0 Å². The molecule has 1 aromatic carbocycles. The molecule has 0 aromatic heterocycles. The standard InChI is InChI=1S/C17H25BrN2O/c1-3-12-20(16-8-10-19-11-9-16)13(2)17(21)14-4-6-15(18)7-5-14/h4-7,13,16,19H,3,8-12H2,1-2H3. The first-order chi connectivity index (χ1) is 10.1. The lowest BCUT2D eigenvalue weighted by atomic mass is 9.98. The molecule has 3 nitrogen and oxygen atoms in total. The summed E-state index contributed by atoms with van der Waals surface area (Å²) in [5.74, 6) is 0.231. The molecule has 1 unspecified atom stereocenters. The summed E-state index contributed by atoms with van der Waals surface area (Å²) >= 11 is 3.42. The Balaban J connectivity index is 2.10. The van der Waals surface area contributed by atoms with Gasteiger partial charge in [-0.2, -0.15) is 0 Å². The van der Waals surface area contributed by atoms with Crippen LogP contribution in [0.1, 0.15) is 43.5 Å². The molecule has 0 spiro atoms. The largest absolute Gasteiger partial charge is 0.317 e. The molecule has 1 fully saturated rings. The fourth-order valence-corrected chi connectivity index (χ4v) is 3.36. The van der Waals surface area contributed by atoms with Crippen molar-refractivity contribution in [2.45, 2.75) is 45.2 Å². The molecule has 0 aliphatic carbocycles. The third kappa shape index (κ3) is 4.38. The Morgan fingerprint density at radius 1 is 1.33 bits per heavy atom. The summed E-state index contributed by atoms with van der Waals surface area (Å²) in [6.45, 7) is 7.36. The van der Waals surface area contributed by atoms with E-state index in [0.29, 0.717) is 6.04 Å². The average Bonchev–Trinajstić information content (AvgIpc) is 2.53. The van der Waals surface area contributed by atoms with Gasteiger partial charge < -0.3 is 5.32 Å². The van der Waals surface area contributed by atoms with Crippen LogP contribution in [0.3, 0.4) is 0 Å². The van der Waals surface area contributed by atoms with Crippen LogP contribution in [0.5, 0.6) is 0 Å². The molecule has 1 atom stereocenters. The van der Waals surface area contributed by atoms with Gasteiger partial charge in [0.25, 0.3) is 0 Å². The van der Waals surface area contributed by atoms with Gasteiger partial charge in [-0.3, -0.25) is 9.69 Å². The number of benzene rings is 1. The van der Waals surface area contributed by atoms with Gasteiger partial charge in [0.15, 0.2) is 5.78 Å². The Labute approximate surface area is 136 Å². The molecule has 1 aliphatic rings. The highest BCUT2D eigenvalue weighted by atomic mass is 79.9. The van der Waals surface area contributed by atoms with E-state index in [4.69, 9.17) is 0 Å². The number of nitrogens with zero attached hydrogens (tertiary/aromatic N) is 1. The second-order valence-electron chi connectivity index (χ2n) is 5.77. The smallest absolute Gasteiger partial charge is 0.179 e. The zero-order chi connectivity index (χ0) is 15.2. The Bertz CT molecular complexity index is 454. The fourth-order valence-electron chi connectivity index (χ4n) is 3.09. The van der Waals surface area contributed by atoms with Gasteiger partial charge in [0.2, 0.25) is 0 Å². The molecule has 1 N–H and O–H groups in total. The molecule has 1 saturated heterocycles. The molecule has 0 saturated carbocycles. The van der Waals surface area contributed by atoms with Gasteiger partial charge in [-0.15, -0.1) is 0 Å². The van der Waals surface area contributed by atoms with E-state index in [1.54, 1.807) is 0 Å². The SMILES string of the molecule is CCCN(C1CCNCC1)C(C)C(=O)c1ccc(Br)cc1. The quantitative estimate of drug-likeness (QED) is 0.795. The number of rotatable bonds is 6. The Kier molecular flexibility index (Phi) is 6.40. The zero-order valence-corrected chi connectivity index (χ0v) is 14.5. The van der Waals surface area contributed by atoms with Crippen LogP contribution in [0, 0.1) is 0 Å². The number of piperidine rings is 1. The highest BCUT2D eigenvalue weighted by Gasteiger charge is 2.28. The summed E-state index contributed by atoms with van der Waals surface area (Å²) in [6, 6.07) is 8.18. The maximum absolute atomic E-state index is 12.7. The van der Waals surface area contributed by atoms with Crippen LogP contribution < -0.4 is 5.32 Å². The molecule has 1 aliphatic heterocycles. The van der Waals surface area contributed by atoms with E-state index < -0.39 is 0 Å². The second kappa shape index (κ2) is 8.06. The van der Waals surface area contributed by atoms with Crippen LogP contribution in [0.15, 0.2) is 28.7 Å². The van der Waals surface area contributed by atoms with Crippen molar-refractivity contribution in [1.82, 2.24) is 10.2 Å². The van der Waals surface area contributed by atoms with Gasteiger partial charge in [0.05, 0.1) is 6.04 Å². The minimum absolute atomic E-state index is 0.0470. The van der Waals surface area contributed by atoms with Crippen LogP contribution in [0.2, 0.25) is 0 Å². The van der Waals surface area contributed by atoms with Crippen molar-refractivity contribution in [1.29, 1.82) is 0 Å². The van der Waals surface area contributed by atoms with E-state index in [9.17, 15) is 4.79 Å². The zero-order valence-electron chi connectivity index (χ0n) is 12.9. The molecule has 21 heavy (non-hydrogen) atoms. The molecule has 1 heterocycles. The van der Waals surface area contributed by atoms with E-state index in [2.05, 4.69) is 40.0 Å². The van der Waals surface area contributed by atoms with Crippen molar-refractivity contribution in [2.75, 3.05) is 19.6 Å². The summed E-state index contributed by atoms with van der Waals surface area (Å²) in [5, 5.41) is 3.40. The van der Waals surface area contributed by atoms with Crippen molar-refractivity contribution in [2.24, 2.45) is 0 Å². The Hall–Kier alpha value is -0.710. The summed E-state index contributed by atoms with van der Waals surface area (Å²) < 4.78 is 1.01. The van der Waals surface area contributed by atoms with Gasteiger partial charge >= 0.3 is 0 Å². The van der Waals surface area contributed by atoms with Crippen LogP contribution in [-0.4, -0.2) is 42.4 Å². The lowest BCUT2D eigenvalue weighted by molar-refractivity contribution is 0.0711. The first kappa shape index (κ1) is 16.7. The molecule has 4 heteroatoms. The van der Waals surface area contributed by atoms with Crippen LogP contribution >= 0.6 is 15.9 Å². The van der Waals surface area contributed by atoms with E-state index in [0.717, 1.165) is 48.9 Å². The summed E-state index contributed by atoms with van der Waals surface area (Å²) in [4.78, 5) is 15.2. The summed E-state index contributed by atoms with van der Waals surface area (Å²) in [6.07, 6.45) is 3.36. The predicted molar refractivity (Wildman–Crippen MR) is 90.8 cm³/mol. The van der Waals surface area contributed by atoms with Crippen LogP contribution in [-0.2, 0) is 0 Å². The number of halogens is 1. The lowest BCUT2D eigenvalue weighted by Gasteiger charge is -2.38. The van der Waals surface area contributed by atoms with Gasteiger partial charge in [0, 0.05) is 16.1 Å². The Morgan fingerprint density at radius 3 is 2.52 bits per heavy atom. The van der Waals surface area contributed by atoms with Gasteiger partial charge in [-0.25, -0.2) is 0 Å². The number of nitrogens with one attached hydrogen (secondary N) is 1. The highest BCUT2D eigenvalue weighted by Crippen LogP contribution is 2.19. The van der Waals surface area contributed by atoms with E-state index in [1.807, 2.05) is 24.3 Å². The second-order valence-corrected chi connectivity index (χ2v) is 6.68. The van der Waals surface area contributed by atoms with E-state index >= 15 is 0 Å². The number of hydrogen-bond donors (Lipinski definition) is 1. The fraction of sp³-hybridized carbons (Fsp3) is 0.588. The normalized spacial score (nSPS) is 17.9. The number of hydrogen-bond acceptors (Lipinski definition) is 3. The van der Waals surface area contributed by atoms with Crippen molar-refractivity contribution in [3.05, 3.63) is 34.3 Å². The van der Waals surface area contributed by atoms with Crippen molar-refractivity contribution in [3.63, 3.8) is 0 Å². The van der Waals surface area contributed by atoms with Crippen molar-refractivity contribution >= 4 is 21.7 Å². The monoisotopic (exact) mass is 352 g/mol. The maximum atomic E-state index is 12.7. The molecule has 0 radical (unpaired) electrons. The molecule has 1 aromatic rings. The van der Waals surface area contributed by atoms with E-state index in [1.165, 1.54) is 0 Å². The molecule has 0 bridgehead atoms. The molecule has 116 valence electrons. The van der Waals surface area contributed by atoms with Crippen molar-refractivity contribution in [3.8, 4) is 0 Å². The number of Topliss-reactive ketones (excluding diaryl/α,β-unsaturated/α-hetero) is 1. The Morgan fingerprint density at radius 2 is 1.95 bits per heavy atom. The van der Waals surface area contributed by atoms with Gasteiger partial charge in [0.1, 0.15) is 0 Å². The molecule has 0 amide bonds. The topological polar surface area (TPSA) is 32.3 Å². The number of carbonyl (C=O) groups is 1. The first-order valence-electron chi connectivity index (χ1n) is 7.89. The lowest BCUT2D eigenvalue weighted by Crippen LogP contribution is -2.50. The summed E-state index contributed by atoms with van der Waals surface area (Å²) in [5.41, 5.74) is 0.806. The third-order valence-corrected chi connectivity index (χ3v) is 4.79. The minimum Gasteiger partial charge on any atom is -0.317 e. The maximum Gasteiger partial charge on any atom is 0.179 e. The molecular formula is C17H25BrN2O.